The van der Waals surface area contributed by atoms with Gasteiger partial charge in [-0.1, -0.05) is 30.0 Å². The van der Waals surface area contributed by atoms with E-state index in [2.05, 4.69) is 15.5 Å². The van der Waals surface area contributed by atoms with Gasteiger partial charge in [0.1, 0.15) is 0 Å². The van der Waals surface area contributed by atoms with Crippen molar-refractivity contribution in [1.82, 2.24) is 5.32 Å². The van der Waals surface area contributed by atoms with Crippen LogP contribution in [0.2, 0.25) is 0 Å². The number of hydrogen-bond acceptors (Lipinski definition) is 8. The highest BCUT2D eigenvalue weighted by atomic mass is 32.2. The van der Waals surface area contributed by atoms with E-state index in [1.54, 1.807) is 24.3 Å². The van der Waals surface area contributed by atoms with E-state index in [0.717, 1.165) is 5.56 Å². The fraction of sp³-hybridized carbons (Fsp3) is 0.211. The number of nitro benzene ring substituents is 1. The number of carbonyl (C=O) groups is 1. The third kappa shape index (κ3) is 5.32. The number of phenols is 1. The Morgan fingerprint density at radius 2 is 2.17 bits per heavy atom. The fourth-order valence-electron chi connectivity index (χ4n) is 2.62. The van der Waals surface area contributed by atoms with Crippen molar-refractivity contribution in [1.29, 1.82) is 0 Å². The number of aromatic hydroxyl groups is 1. The van der Waals surface area contributed by atoms with Gasteiger partial charge in [0.05, 0.1) is 23.0 Å². The molecule has 0 aromatic heterocycles. The van der Waals surface area contributed by atoms with Crippen molar-refractivity contribution >= 4 is 34.7 Å². The zero-order chi connectivity index (χ0) is 20.8. The highest BCUT2D eigenvalue weighted by Crippen LogP contribution is 2.30. The Hall–Kier alpha value is -3.40. The van der Waals surface area contributed by atoms with Gasteiger partial charge in [0.15, 0.2) is 16.7 Å². The number of thioether (sulfide) groups is 1. The van der Waals surface area contributed by atoms with Crippen molar-refractivity contribution in [2.75, 3.05) is 6.61 Å². The molecule has 0 bridgehead atoms. The van der Waals surface area contributed by atoms with Gasteiger partial charge >= 0.3 is 0 Å². The summed E-state index contributed by atoms with van der Waals surface area (Å²) in [5.41, 5.74) is 1.34. The highest BCUT2D eigenvalue weighted by molar-refractivity contribution is 8.15. The molecule has 9 nitrogen and oxygen atoms in total. The van der Waals surface area contributed by atoms with Crippen LogP contribution in [0.4, 0.5) is 5.69 Å². The molecule has 1 aliphatic rings. The molecule has 10 heteroatoms. The Bertz CT molecular complexity index is 992. The molecule has 1 saturated heterocycles. The van der Waals surface area contributed by atoms with Crippen LogP contribution < -0.4 is 10.1 Å². The van der Waals surface area contributed by atoms with Gasteiger partial charge in [-0.15, -0.1) is 5.10 Å². The second-order valence-corrected chi connectivity index (χ2v) is 7.23. The van der Waals surface area contributed by atoms with Crippen LogP contribution in [-0.4, -0.2) is 39.2 Å². The molecular formula is C19H18N4O5S. The number of ether oxygens (including phenoxy) is 1. The molecule has 1 fully saturated rings. The minimum Gasteiger partial charge on any atom is -0.504 e. The summed E-state index contributed by atoms with van der Waals surface area (Å²) in [6, 6.07) is 11.0. The summed E-state index contributed by atoms with van der Waals surface area (Å²) < 4.78 is 5.37. The number of phenolic OH excluding ortho intramolecular Hbond substituents is 1. The maximum Gasteiger partial charge on any atom is 0.270 e. The molecule has 0 saturated carbocycles. The van der Waals surface area contributed by atoms with Gasteiger partial charge in [-0.3, -0.25) is 14.9 Å². The molecule has 2 N–H and O–H groups in total. The largest absolute Gasteiger partial charge is 0.504 e. The molecule has 150 valence electrons. The summed E-state index contributed by atoms with van der Waals surface area (Å²) in [7, 11) is 0. The predicted molar refractivity (Wildman–Crippen MR) is 111 cm³/mol. The third-order valence-corrected chi connectivity index (χ3v) is 5.03. The number of rotatable bonds is 7. The summed E-state index contributed by atoms with van der Waals surface area (Å²) in [4.78, 5) is 22.5. The Labute approximate surface area is 170 Å². The summed E-state index contributed by atoms with van der Waals surface area (Å²) in [6.07, 6.45) is 1.82. The predicted octanol–water partition coefficient (Wildman–Crippen LogP) is 2.86. The molecule has 2 aromatic rings. The zero-order valence-electron chi connectivity index (χ0n) is 15.4. The molecule has 1 amide bonds. The number of nitrogens with one attached hydrogen (secondary N) is 1. The molecule has 1 unspecified atom stereocenters. The molecule has 2 aromatic carbocycles. The van der Waals surface area contributed by atoms with E-state index in [-0.39, 0.29) is 22.6 Å². The van der Waals surface area contributed by atoms with Gasteiger partial charge in [0.25, 0.3) is 5.69 Å². The first kappa shape index (κ1) is 20.3. The van der Waals surface area contributed by atoms with Crippen LogP contribution in [0, 0.1) is 10.1 Å². The van der Waals surface area contributed by atoms with Crippen LogP contribution in [0.15, 0.2) is 52.7 Å². The second-order valence-electron chi connectivity index (χ2n) is 6.04. The number of carbonyl (C=O) groups excluding carboxylic acids is 1. The van der Waals surface area contributed by atoms with E-state index in [1.807, 2.05) is 6.92 Å². The smallest absolute Gasteiger partial charge is 0.270 e. The third-order valence-electron chi connectivity index (χ3n) is 3.96. The first-order chi connectivity index (χ1) is 14.0. The number of nitro groups is 1. The van der Waals surface area contributed by atoms with E-state index in [4.69, 9.17) is 4.74 Å². The van der Waals surface area contributed by atoms with Crippen molar-refractivity contribution in [2.45, 2.75) is 18.6 Å². The summed E-state index contributed by atoms with van der Waals surface area (Å²) in [5, 5.41) is 31.1. The van der Waals surface area contributed by atoms with Gasteiger partial charge < -0.3 is 15.2 Å². The SMILES string of the molecule is CCOc1cc(CC2SC(=NN=Cc3cccc([N+](=O)[O-])c3)NC2=O)ccc1O. The lowest BCUT2D eigenvalue weighted by molar-refractivity contribution is -0.384. The summed E-state index contributed by atoms with van der Waals surface area (Å²) in [6.45, 7) is 2.25. The minimum atomic E-state index is -0.485. The van der Waals surface area contributed by atoms with Crippen LogP contribution in [-0.2, 0) is 11.2 Å². The van der Waals surface area contributed by atoms with Crippen molar-refractivity contribution in [2.24, 2.45) is 10.2 Å². The van der Waals surface area contributed by atoms with Crippen LogP contribution in [0.25, 0.3) is 0 Å². The minimum absolute atomic E-state index is 0.0365. The zero-order valence-corrected chi connectivity index (χ0v) is 16.3. The van der Waals surface area contributed by atoms with E-state index >= 15 is 0 Å². The molecule has 0 spiro atoms. The first-order valence-electron chi connectivity index (χ1n) is 8.74. The summed E-state index contributed by atoms with van der Waals surface area (Å²) >= 11 is 1.24. The summed E-state index contributed by atoms with van der Waals surface area (Å²) in [5.74, 6) is 0.242. The van der Waals surface area contributed by atoms with Crippen LogP contribution in [0.1, 0.15) is 18.1 Å². The first-order valence-corrected chi connectivity index (χ1v) is 9.62. The highest BCUT2D eigenvalue weighted by Gasteiger charge is 2.30. The molecule has 1 atom stereocenters. The quantitative estimate of drug-likeness (QED) is 0.407. The van der Waals surface area contributed by atoms with Crippen molar-refractivity contribution < 1.29 is 19.6 Å². The van der Waals surface area contributed by atoms with Crippen LogP contribution >= 0.6 is 11.8 Å². The normalized spacial score (nSPS) is 17.6. The van der Waals surface area contributed by atoms with E-state index < -0.39 is 4.92 Å². The van der Waals surface area contributed by atoms with Crippen molar-refractivity contribution in [3.8, 4) is 11.5 Å². The van der Waals surface area contributed by atoms with Gasteiger partial charge in [-0.05, 0) is 31.0 Å². The van der Waals surface area contributed by atoms with Crippen molar-refractivity contribution in [3.63, 3.8) is 0 Å². The maximum absolute atomic E-state index is 12.2. The Morgan fingerprint density at radius 1 is 1.34 bits per heavy atom. The molecule has 29 heavy (non-hydrogen) atoms. The average Bonchev–Trinajstić information content (AvgIpc) is 3.04. The lowest BCUT2D eigenvalue weighted by Crippen LogP contribution is -2.25. The number of hydrogen-bond donors (Lipinski definition) is 2. The molecule has 1 heterocycles. The Morgan fingerprint density at radius 3 is 2.93 bits per heavy atom. The number of non-ortho nitro benzene ring substituents is 1. The van der Waals surface area contributed by atoms with Gasteiger partial charge in [-0.2, -0.15) is 5.10 Å². The molecular weight excluding hydrogens is 396 g/mol. The fourth-order valence-corrected chi connectivity index (χ4v) is 3.59. The number of benzene rings is 2. The topological polar surface area (TPSA) is 126 Å². The van der Waals surface area contributed by atoms with Gasteiger partial charge in [0.2, 0.25) is 5.91 Å². The van der Waals surface area contributed by atoms with Crippen molar-refractivity contribution in [3.05, 3.63) is 63.7 Å². The monoisotopic (exact) mass is 414 g/mol. The lowest BCUT2D eigenvalue weighted by atomic mass is 10.1. The number of amidine groups is 1. The molecule has 0 aliphatic carbocycles. The van der Waals surface area contributed by atoms with Crippen LogP contribution in [0.3, 0.4) is 0 Å². The lowest BCUT2D eigenvalue weighted by Gasteiger charge is -2.10. The second kappa shape index (κ2) is 9.20. The standard InChI is InChI=1S/C19H18N4O5S/c1-2-28-16-9-12(6-7-15(16)24)10-17-18(25)21-19(29-17)22-20-11-13-4-3-5-14(8-13)23(26)27/h3-9,11,17,24H,2,10H2,1H3,(H,21,22,25). The Balaban J connectivity index is 1.65. The van der Waals surface area contributed by atoms with E-state index in [0.29, 0.717) is 29.5 Å². The average molecular weight is 414 g/mol. The maximum atomic E-state index is 12.2. The molecule has 1 aliphatic heterocycles. The number of nitrogens with zero attached hydrogens (tertiary/aromatic N) is 3. The van der Waals surface area contributed by atoms with Crippen LogP contribution in [0.5, 0.6) is 11.5 Å². The van der Waals surface area contributed by atoms with Gasteiger partial charge in [0, 0.05) is 17.7 Å². The van der Waals surface area contributed by atoms with Gasteiger partial charge in [-0.25, -0.2) is 0 Å². The van der Waals surface area contributed by atoms with E-state index in [1.165, 1.54) is 36.2 Å². The molecule has 3 rings (SSSR count). The van der Waals surface area contributed by atoms with E-state index in [9.17, 15) is 20.0 Å². The Kier molecular flexibility index (Phi) is 6.45. The molecule has 0 radical (unpaired) electrons. The number of amides is 1.